The van der Waals surface area contributed by atoms with Gasteiger partial charge < -0.3 is 5.32 Å². The molecule has 1 heterocycles. The number of terminal acetylenes is 1. The number of rotatable bonds is 4. The first-order valence-electron chi connectivity index (χ1n) is 5.94. The van der Waals surface area contributed by atoms with E-state index < -0.39 is 6.04 Å². The second-order valence-corrected chi connectivity index (χ2v) is 5.15. The van der Waals surface area contributed by atoms with E-state index in [1.165, 1.54) is 4.90 Å². The summed E-state index contributed by atoms with van der Waals surface area (Å²) in [6, 6.07) is 6.39. The van der Waals surface area contributed by atoms with Crippen LogP contribution in [0, 0.1) is 12.3 Å². The molecule has 0 spiro atoms. The standard InChI is InChI=1S/C14H13BrN2O2/c1-2-3-4-8-17-13(18)12(16-14(17)19)10-6-5-7-11(15)9-10/h1,5-7,9,12H,3-4,8H2,(H,16,19). The van der Waals surface area contributed by atoms with Crippen molar-refractivity contribution in [3.63, 3.8) is 0 Å². The topological polar surface area (TPSA) is 49.4 Å². The van der Waals surface area contributed by atoms with Crippen molar-refractivity contribution in [2.24, 2.45) is 0 Å². The minimum atomic E-state index is -0.601. The normalized spacial score (nSPS) is 18.3. The number of amides is 3. The fourth-order valence-corrected chi connectivity index (χ4v) is 2.40. The smallest absolute Gasteiger partial charge is 0.322 e. The van der Waals surface area contributed by atoms with Gasteiger partial charge in [-0.1, -0.05) is 28.1 Å². The number of unbranched alkanes of at least 4 members (excludes halogenated alkanes) is 1. The lowest BCUT2D eigenvalue weighted by molar-refractivity contribution is -0.127. The number of imide groups is 1. The van der Waals surface area contributed by atoms with E-state index in [0.717, 1.165) is 10.0 Å². The summed E-state index contributed by atoms with van der Waals surface area (Å²) >= 11 is 3.35. The molecule has 4 nitrogen and oxygen atoms in total. The molecular formula is C14H13BrN2O2. The minimum absolute atomic E-state index is 0.222. The number of nitrogens with zero attached hydrogens (tertiary/aromatic N) is 1. The highest BCUT2D eigenvalue weighted by molar-refractivity contribution is 9.10. The Hall–Kier alpha value is -1.80. The summed E-state index contributed by atoms with van der Waals surface area (Å²) in [5.74, 6) is 2.27. The first-order chi connectivity index (χ1) is 9.13. The van der Waals surface area contributed by atoms with Crippen LogP contribution in [0.15, 0.2) is 28.7 Å². The number of carbonyl (C=O) groups is 2. The lowest BCUT2D eigenvalue weighted by Crippen LogP contribution is -2.31. The first-order valence-corrected chi connectivity index (χ1v) is 6.73. The van der Waals surface area contributed by atoms with Crippen molar-refractivity contribution in [1.29, 1.82) is 0 Å². The second-order valence-electron chi connectivity index (χ2n) is 4.24. The maximum Gasteiger partial charge on any atom is 0.325 e. The highest BCUT2D eigenvalue weighted by Crippen LogP contribution is 2.24. The molecule has 1 saturated heterocycles. The van der Waals surface area contributed by atoms with Crippen LogP contribution >= 0.6 is 15.9 Å². The van der Waals surface area contributed by atoms with Gasteiger partial charge in [-0.05, 0) is 24.1 Å². The van der Waals surface area contributed by atoms with Crippen LogP contribution in [0.5, 0.6) is 0 Å². The lowest BCUT2D eigenvalue weighted by atomic mass is 10.1. The maximum absolute atomic E-state index is 12.2. The van der Waals surface area contributed by atoms with Crippen molar-refractivity contribution in [2.75, 3.05) is 6.54 Å². The van der Waals surface area contributed by atoms with Crippen LogP contribution in [0.3, 0.4) is 0 Å². The molecule has 5 heteroatoms. The molecule has 0 aliphatic carbocycles. The molecule has 0 saturated carbocycles. The molecule has 1 aliphatic rings. The first kappa shape index (κ1) is 13.6. The Morgan fingerprint density at radius 1 is 1.42 bits per heavy atom. The number of nitrogens with one attached hydrogen (secondary N) is 1. The van der Waals surface area contributed by atoms with E-state index in [1.807, 2.05) is 24.3 Å². The number of hydrogen-bond donors (Lipinski definition) is 1. The van der Waals surface area contributed by atoms with Crippen LogP contribution < -0.4 is 5.32 Å². The Kier molecular flexibility index (Phi) is 4.23. The van der Waals surface area contributed by atoms with Crippen molar-refractivity contribution < 1.29 is 9.59 Å². The average molecular weight is 321 g/mol. The van der Waals surface area contributed by atoms with Crippen LogP contribution in [-0.4, -0.2) is 23.4 Å². The van der Waals surface area contributed by atoms with Crippen LogP contribution in [0.4, 0.5) is 4.79 Å². The highest BCUT2D eigenvalue weighted by atomic mass is 79.9. The van der Waals surface area contributed by atoms with E-state index in [2.05, 4.69) is 27.2 Å². The number of urea groups is 1. The largest absolute Gasteiger partial charge is 0.325 e. The van der Waals surface area contributed by atoms with Gasteiger partial charge in [0.2, 0.25) is 0 Å². The predicted octanol–water partition coefficient (Wildman–Crippen LogP) is 2.46. The van der Waals surface area contributed by atoms with E-state index in [4.69, 9.17) is 6.42 Å². The third kappa shape index (κ3) is 2.96. The van der Waals surface area contributed by atoms with Crippen molar-refractivity contribution >= 4 is 27.9 Å². The zero-order valence-electron chi connectivity index (χ0n) is 10.2. The van der Waals surface area contributed by atoms with E-state index in [1.54, 1.807) is 0 Å². The maximum atomic E-state index is 12.2. The zero-order valence-corrected chi connectivity index (χ0v) is 11.8. The van der Waals surface area contributed by atoms with Gasteiger partial charge in [0, 0.05) is 17.4 Å². The van der Waals surface area contributed by atoms with Crippen molar-refractivity contribution in [3.8, 4) is 12.3 Å². The molecule has 98 valence electrons. The summed E-state index contributed by atoms with van der Waals surface area (Å²) in [5, 5.41) is 2.69. The van der Waals surface area contributed by atoms with Gasteiger partial charge in [-0.3, -0.25) is 9.69 Å². The summed E-state index contributed by atoms with van der Waals surface area (Å²) in [5.41, 5.74) is 0.771. The molecule has 0 bridgehead atoms. The van der Waals surface area contributed by atoms with Crippen LogP contribution in [0.2, 0.25) is 0 Å². The molecule has 1 N–H and O–H groups in total. The lowest BCUT2D eigenvalue weighted by Gasteiger charge is -2.12. The molecule has 2 rings (SSSR count). The number of halogens is 1. The summed E-state index contributed by atoms with van der Waals surface area (Å²) in [6.45, 7) is 0.360. The van der Waals surface area contributed by atoms with Gasteiger partial charge in [0.25, 0.3) is 5.91 Å². The molecule has 1 fully saturated rings. The van der Waals surface area contributed by atoms with Crippen molar-refractivity contribution in [3.05, 3.63) is 34.3 Å². The molecule has 1 aromatic carbocycles. The molecule has 1 atom stereocenters. The molecule has 19 heavy (non-hydrogen) atoms. The quantitative estimate of drug-likeness (QED) is 0.526. The van der Waals surface area contributed by atoms with Gasteiger partial charge >= 0.3 is 6.03 Å². The summed E-state index contributed by atoms with van der Waals surface area (Å²) in [4.78, 5) is 25.2. The SMILES string of the molecule is C#CCCCN1C(=O)NC(c2cccc(Br)c2)C1=O. The van der Waals surface area contributed by atoms with Crippen LogP contribution in [0.1, 0.15) is 24.4 Å². The summed E-state index contributed by atoms with van der Waals surface area (Å²) < 4.78 is 0.873. The minimum Gasteiger partial charge on any atom is -0.322 e. The monoisotopic (exact) mass is 320 g/mol. The number of benzene rings is 1. The van der Waals surface area contributed by atoms with Crippen molar-refractivity contribution in [1.82, 2.24) is 10.2 Å². The predicted molar refractivity (Wildman–Crippen MR) is 75.2 cm³/mol. The molecule has 0 aromatic heterocycles. The van der Waals surface area contributed by atoms with Gasteiger partial charge in [0.05, 0.1) is 0 Å². The summed E-state index contributed by atoms with van der Waals surface area (Å²) in [7, 11) is 0. The average Bonchev–Trinajstić information content (AvgIpc) is 2.67. The Morgan fingerprint density at radius 2 is 2.21 bits per heavy atom. The van der Waals surface area contributed by atoms with Gasteiger partial charge in [0.1, 0.15) is 6.04 Å². The molecule has 0 radical (unpaired) electrons. The van der Waals surface area contributed by atoms with E-state index >= 15 is 0 Å². The van der Waals surface area contributed by atoms with Gasteiger partial charge in [-0.25, -0.2) is 4.79 Å². The Labute approximate surface area is 120 Å². The van der Waals surface area contributed by atoms with Gasteiger partial charge in [-0.15, -0.1) is 12.3 Å². The number of hydrogen-bond acceptors (Lipinski definition) is 2. The van der Waals surface area contributed by atoms with Gasteiger partial charge in [-0.2, -0.15) is 0 Å². The van der Waals surface area contributed by atoms with Crippen LogP contribution in [0.25, 0.3) is 0 Å². The zero-order chi connectivity index (χ0) is 13.8. The van der Waals surface area contributed by atoms with E-state index in [-0.39, 0.29) is 11.9 Å². The second kappa shape index (κ2) is 5.89. The fraction of sp³-hybridized carbons (Fsp3) is 0.286. The summed E-state index contributed by atoms with van der Waals surface area (Å²) in [6.07, 6.45) is 6.34. The third-order valence-corrected chi connectivity index (χ3v) is 3.40. The highest BCUT2D eigenvalue weighted by Gasteiger charge is 2.38. The molecule has 1 aliphatic heterocycles. The van der Waals surface area contributed by atoms with E-state index in [9.17, 15) is 9.59 Å². The Morgan fingerprint density at radius 3 is 2.89 bits per heavy atom. The Balaban J connectivity index is 2.12. The molecular weight excluding hydrogens is 308 g/mol. The molecule has 1 aromatic rings. The number of carbonyl (C=O) groups excluding carboxylic acids is 2. The Bertz CT molecular complexity index is 551. The van der Waals surface area contributed by atoms with E-state index in [0.29, 0.717) is 19.4 Å². The van der Waals surface area contributed by atoms with Crippen molar-refractivity contribution in [2.45, 2.75) is 18.9 Å². The molecule has 3 amide bonds. The third-order valence-electron chi connectivity index (χ3n) is 2.91. The fourth-order valence-electron chi connectivity index (χ4n) is 1.98. The van der Waals surface area contributed by atoms with Gasteiger partial charge in [0.15, 0.2) is 0 Å². The van der Waals surface area contributed by atoms with Crippen LogP contribution in [-0.2, 0) is 4.79 Å². The molecule has 1 unspecified atom stereocenters.